The average Bonchev–Trinajstić information content (AvgIpc) is 2.81. The summed E-state index contributed by atoms with van der Waals surface area (Å²) in [7, 11) is 1.45. The van der Waals surface area contributed by atoms with Crippen LogP contribution in [0.1, 0.15) is 15.4 Å². The summed E-state index contributed by atoms with van der Waals surface area (Å²) in [4.78, 5) is 24.1. The van der Waals surface area contributed by atoms with Crippen molar-refractivity contribution in [3.05, 3.63) is 34.7 Å². The summed E-state index contributed by atoms with van der Waals surface area (Å²) in [6.45, 7) is 0. The second kappa shape index (κ2) is 4.14. The Morgan fingerprint density at radius 2 is 2.20 bits per heavy atom. The van der Waals surface area contributed by atoms with Gasteiger partial charge in [0.15, 0.2) is 5.69 Å². The van der Waals surface area contributed by atoms with Crippen molar-refractivity contribution in [2.24, 2.45) is 0 Å². The second-order valence-corrected chi connectivity index (χ2v) is 3.50. The van der Waals surface area contributed by atoms with Crippen LogP contribution in [0, 0.1) is 0 Å². The number of rotatable bonds is 3. The number of thiazole rings is 1. The lowest BCUT2D eigenvalue weighted by Crippen LogP contribution is -2.06. The summed E-state index contributed by atoms with van der Waals surface area (Å²) in [5, 5.41) is 0. The van der Waals surface area contributed by atoms with E-state index in [1.807, 2.05) is 0 Å². The van der Waals surface area contributed by atoms with E-state index in [0.29, 0.717) is 4.88 Å². The highest BCUT2D eigenvalue weighted by Crippen LogP contribution is 2.17. The third kappa shape index (κ3) is 1.84. The topological polar surface area (TPSA) is 65.0 Å². The fourth-order valence-corrected chi connectivity index (χ4v) is 1.64. The first-order chi connectivity index (χ1) is 7.33. The maximum absolute atomic E-state index is 11.9. The lowest BCUT2D eigenvalue weighted by molar-refractivity contribution is 0.103. The molecule has 0 aliphatic heterocycles. The van der Waals surface area contributed by atoms with E-state index in [2.05, 4.69) is 15.0 Å². The number of hydrogen-bond acceptors (Lipinski definition) is 6. The first-order valence-electron chi connectivity index (χ1n) is 4.11. The summed E-state index contributed by atoms with van der Waals surface area (Å²) in [6.07, 6.45) is 4.43. The first kappa shape index (κ1) is 9.72. The summed E-state index contributed by atoms with van der Waals surface area (Å²) in [5.74, 6) is 0.0124. The van der Waals surface area contributed by atoms with Crippen molar-refractivity contribution in [2.75, 3.05) is 7.11 Å². The zero-order chi connectivity index (χ0) is 10.7. The van der Waals surface area contributed by atoms with E-state index >= 15 is 0 Å². The molecule has 2 rings (SSSR count). The van der Waals surface area contributed by atoms with E-state index in [1.54, 1.807) is 5.51 Å². The van der Waals surface area contributed by atoms with Gasteiger partial charge in [0.05, 0.1) is 17.5 Å². The zero-order valence-corrected chi connectivity index (χ0v) is 8.69. The van der Waals surface area contributed by atoms with Gasteiger partial charge in [0.1, 0.15) is 0 Å². The van der Waals surface area contributed by atoms with Gasteiger partial charge >= 0.3 is 0 Å². The Bertz CT molecular complexity index is 470. The number of hydrogen-bond donors (Lipinski definition) is 0. The molecule has 2 aromatic rings. The molecule has 2 heterocycles. The maximum Gasteiger partial charge on any atom is 0.243 e. The Labute approximate surface area is 89.8 Å². The third-order valence-electron chi connectivity index (χ3n) is 1.73. The molecule has 0 saturated carbocycles. The van der Waals surface area contributed by atoms with Gasteiger partial charge in [0.2, 0.25) is 11.7 Å². The molecule has 2 aromatic heterocycles. The lowest BCUT2D eigenvalue weighted by atomic mass is 10.2. The van der Waals surface area contributed by atoms with Crippen LogP contribution in [0.3, 0.4) is 0 Å². The van der Waals surface area contributed by atoms with Crippen molar-refractivity contribution in [1.29, 1.82) is 0 Å². The van der Waals surface area contributed by atoms with Crippen LogP contribution < -0.4 is 4.74 Å². The highest BCUT2D eigenvalue weighted by atomic mass is 32.1. The Morgan fingerprint density at radius 3 is 2.87 bits per heavy atom. The fourth-order valence-electron chi connectivity index (χ4n) is 1.07. The zero-order valence-electron chi connectivity index (χ0n) is 7.88. The van der Waals surface area contributed by atoms with Crippen molar-refractivity contribution in [3.63, 3.8) is 0 Å². The first-order valence-corrected chi connectivity index (χ1v) is 4.99. The molecule has 0 N–H and O–H groups in total. The second-order valence-electron chi connectivity index (χ2n) is 2.61. The van der Waals surface area contributed by atoms with Crippen LogP contribution in [-0.2, 0) is 0 Å². The maximum atomic E-state index is 11.9. The van der Waals surface area contributed by atoms with Crippen LogP contribution in [-0.4, -0.2) is 27.8 Å². The normalized spacial score (nSPS) is 9.93. The van der Waals surface area contributed by atoms with E-state index in [0.717, 1.165) is 0 Å². The van der Waals surface area contributed by atoms with Crippen LogP contribution in [0.2, 0.25) is 0 Å². The standard InChI is InChI=1S/C9H7N3O2S/c1-14-9-7(11-2-3-12-9)8(13)6-4-10-5-15-6/h2-5H,1H3. The number of aromatic nitrogens is 3. The van der Waals surface area contributed by atoms with Crippen molar-refractivity contribution >= 4 is 17.1 Å². The molecule has 0 unspecified atom stereocenters. The molecule has 0 spiro atoms. The predicted octanol–water partition coefficient (Wildman–Crippen LogP) is 1.17. The van der Waals surface area contributed by atoms with Gasteiger partial charge in [-0.25, -0.2) is 9.97 Å². The van der Waals surface area contributed by atoms with Gasteiger partial charge < -0.3 is 4.74 Å². The number of methoxy groups -OCH3 is 1. The Morgan fingerprint density at radius 1 is 1.40 bits per heavy atom. The molecule has 6 heteroatoms. The molecule has 0 aliphatic carbocycles. The van der Waals surface area contributed by atoms with E-state index < -0.39 is 0 Å². The quantitative estimate of drug-likeness (QED) is 0.728. The summed E-state index contributed by atoms with van der Waals surface area (Å²) in [6, 6.07) is 0. The van der Waals surface area contributed by atoms with Crippen LogP contribution >= 0.6 is 11.3 Å². The van der Waals surface area contributed by atoms with Crippen LogP contribution in [0.5, 0.6) is 5.88 Å². The number of nitrogens with zero attached hydrogens (tertiary/aromatic N) is 3. The van der Waals surface area contributed by atoms with Gasteiger partial charge in [0.25, 0.3) is 0 Å². The molecule has 0 atom stereocenters. The fraction of sp³-hybridized carbons (Fsp3) is 0.111. The van der Waals surface area contributed by atoms with Crippen molar-refractivity contribution in [1.82, 2.24) is 15.0 Å². The molecular formula is C9H7N3O2S. The van der Waals surface area contributed by atoms with E-state index in [9.17, 15) is 4.79 Å². The highest BCUT2D eigenvalue weighted by molar-refractivity contribution is 7.11. The van der Waals surface area contributed by atoms with Gasteiger partial charge in [0, 0.05) is 18.6 Å². The molecular weight excluding hydrogens is 214 g/mol. The summed E-state index contributed by atoms with van der Waals surface area (Å²) in [5.41, 5.74) is 1.81. The van der Waals surface area contributed by atoms with E-state index in [4.69, 9.17) is 4.74 Å². The Hall–Kier alpha value is -1.82. The number of carbonyl (C=O) groups excluding carboxylic acids is 1. The molecule has 0 aromatic carbocycles. The minimum atomic E-state index is -0.220. The van der Waals surface area contributed by atoms with Gasteiger partial charge in [-0.15, -0.1) is 11.3 Å². The molecule has 0 fully saturated rings. The molecule has 0 amide bonds. The van der Waals surface area contributed by atoms with Crippen LogP contribution in [0.15, 0.2) is 24.1 Å². The minimum Gasteiger partial charge on any atom is -0.479 e. The molecule has 0 aliphatic rings. The molecule has 0 bridgehead atoms. The molecule has 15 heavy (non-hydrogen) atoms. The smallest absolute Gasteiger partial charge is 0.243 e. The lowest BCUT2D eigenvalue weighted by Gasteiger charge is -2.02. The van der Waals surface area contributed by atoms with E-state index in [1.165, 1.54) is 37.0 Å². The number of carbonyl (C=O) groups is 1. The average molecular weight is 221 g/mol. The summed E-state index contributed by atoms with van der Waals surface area (Å²) < 4.78 is 4.95. The Balaban J connectivity index is 2.42. The van der Waals surface area contributed by atoms with Crippen molar-refractivity contribution in [2.45, 2.75) is 0 Å². The molecule has 76 valence electrons. The number of ether oxygens (including phenoxy) is 1. The van der Waals surface area contributed by atoms with E-state index in [-0.39, 0.29) is 17.4 Å². The van der Waals surface area contributed by atoms with Gasteiger partial charge in [-0.1, -0.05) is 0 Å². The van der Waals surface area contributed by atoms with Gasteiger partial charge in [-0.05, 0) is 0 Å². The van der Waals surface area contributed by atoms with Crippen molar-refractivity contribution < 1.29 is 9.53 Å². The van der Waals surface area contributed by atoms with Gasteiger partial charge in [-0.3, -0.25) is 9.78 Å². The van der Waals surface area contributed by atoms with Gasteiger partial charge in [-0.2, -0.15) is 0 Å². The summed E-state index contributed by atoms with van der Waals surface area (Å²) >= 11 is 1.26. The van der Waals surface area contributed by atoms with Crippen molar-refractivity contribution in [3.8, 4) is 5.88 Å². The molecule has 0 radical (unpaired) electrons. The molecule has 0 saturated heterocycles. The number of ketones is 1. The van der Waals surface area contributed by atoms with Crippen LogP contribution in [0.4, 0.5) is 0 Å². The monoisotopic (exact) mass is 221 g/mol. The highest BCUT2D eigenvalue weighted by Gasteiger charge is 2.17. The molecule has 5 nitrogen and oxygen atoms in total. The SMILES string of the molecule is COc1nccnc1C(=O)c1cncs1. The van der Waals surface area contributed by atoms with Crippen LogP contribution in [0.25, 0.3) is 0 Å². The predicted molar refractivity (Wildman–Crippen MR) is 54.1 cm³/mol. The Kier molecular flexibility index (Phi) is 2.68. The third-order valence-corrected chi connectivity index (χ3v) is 2.50. The largest absolute Gasteiger partial charge is 0.479 e. The minimum absolute atomic E-state index is 0.212.